The van der Waals surface area contributed by atoms with E-state index in [0.29, 0.717) is 6.04 Å². The average Bonchev–Trinajstić information content (AvgIpc) is 2.70. The van der Waals surface area contributed by atoms with E-state index in [-0.39, 0.29) is 6.10 Å². The van der Waals surface area contributed by atoms with Gasteiger partial charge in [-0.15, -0.1) is 0 Å². The quantitative estimate of drug-likeness (QED) is 0.926. The minimum absolute atomic E-state index is 0.369. The minimum atomic E-state index is -0.369. The number of aliphatic hydroxyl groups is 1. The molecule has 3 rings (SSSR count). The van der Waals surface area contributed by atoms with Crippen molar-refractivity contribution in [3.05, 3.63) is 34.9 Å². The second-order valence-corrected chi connectivity index (χ2v) is 6.96. The number of aryl methyl sites for hydroxylation is 2. The van der Waals surface area contributed by atoms with Crippen molar-refractivity contribution in [1.29, 1.82) is 0 Å². The zero-order valence-corrected chi connectivity index (χ0v) is 13.5. The smallest absolute Gasteiger partial charge is 0.0917 e. The highest BCUT2D eigenvalue weighted by Crippen LogP contribution is 2.29. The van der Waals surface area contributed by atoms with Crippen molar-refractivity contribution in [3.8, 4) is 0 Å². The van der Waals surface area contributed by atoms with Gasteiger partial charge in [0.1, 0.15) is 0 Å². The van der Waals surface area contributed by atoms with Gasteiger partial charge in [-0.05, 0) is 63.4 Å². The van der Waals surface area contributed by atoms with E-state index in [2.05, 4.69) is 48.9 Å². The fourth-order valence-electron chi connectivity index (χ4n) is 3.87. The molecule has 2 bridgehead atoms. The first-order valence-corrected chi connectivity index (χ1v) is 8.24. The number of rotatable bonds is 3. The Kier molecular flexibility index (Phi) is 4.34. The first-order valence-electron chi connectivity index (χ1n) is 8.24. The lowest BCUT2D eigenvalue weighted by molar-refractivity contribution is 0.107. The summed E-state index contributed by atoms with van der Waals surface area (Å²) >= 11 is 0. The van der Waals surface area contributed by atoms with Gasteiger partial charge >= 0.3 is 0 Å². The molecule has 0 aromatic heterocycles. The normalized spacial score (nSPS) is 28.6. The molecule has 0 amide bonds. The molecule has 1 N–H and O–H groups in total. The van der Waals surface area contributed by atoms with Gasteiger partial charge in [0.2, 0.25) is 0 Å². The number of fused-ring (bicyclic) bond motifs is 2. The summed E-state index contributed by atoms with van der Waals surface area (Å²) in [5.41, 5.74) is 3.61. The van der Waals surface area contributed by atoms with Crippen molar-refractivity contribution >= 4 is 0 Å². The molecule has 1 aromatic carbocycles. The number of likely N-dealkylation sites (tertiary alicyclic amines) is 1. The number of benzene rings is 1. The van der Waals surface area contributed by atoms with E-state index < -0.39 is 0 Å². The molecular weight excluding hydrogens is 260 g/mol. The second-order valence-electron chi connectivity index (χ2n) is 6.96. The summed E-state index contributed by atoms with van der Waals surface area (Å²) < 4.78 is 0. The molecule has 0 spiro atoms. The summed E-state index contributed by atoms with van der Waals surface area (Å²) in [6, 6.07) is 7.77. The summed E-state index contributed by atoms with van der Waals surface area (Å²) in [6.07, 6.45) is 3.55. The summed E-state index contributed by atoms with van der Waals surface area (Å²) in [7, 11) is 2.27. The van der Waals surface area contributed by atoms with Crippen molar-refractivity contribution in [3.63, 3.8) is 0 Å². The Morgan fingerprint density at radius 2 is 1.90 bits per heavy atom. The number of hydrogen-bond donors (Lipinski definition) is 1. The predicted octanol–water partition coefficient (Wildman–Crippen LogP) is 2.51. The molecule has 2 fully saturated rings. The van der Waals surface area contributed by atoms with Gasteiger partial charge in [-0.25, -0.2) is 0 Å². The molecule has 116 valence electrons. The third kappa shape index (κ3) is 3.15. The first-order chi connectivity index (χ1) is 10.0. The molecule has 0 radical (unpaired) electrons. The molecule has 2 saturated heterocycles. The van der Waals surface area contributed by atoms with Gasteiger partial charge in [0, 0.05) is 25.2 Å². The van der Waals surface area contributed by atoms with Crippen molar-refractivity contribution in [2.75, 3.05) is 26.7 Å². The summed E-state index contributed by atoms with van der Waals surface area (Å²) in [5.74, 6) is 0. The molecule has 3 nitrogen and oxygen atoms in total. The average molecular weight is 288 g/mol. The Labute approximate surface area is 128 Å². The van der Waals surface area contributed by atoms with Crippen LogP contribution in [0.25, 0.3) is 0 Å². The van der Waals surface area contributed by atoms with Crippen LogP contribution in [0.15, 0.2) is 18.2 Å². The summed E-state index contributed by atoms with van der Waals surface area (Å²) in [4.78, 5) is 5.02. The minimum Gasteiger partial charge on any atom is -0.387 e. The molecule has 0 aliphatic carbocycles. The van der Waals surface area contributed by atoms with Gasteiger partial charge in [0.05, 0.1) is 6.10 Å². The van der Waals surface area contributed by atoms with E-state index in [9.17, 15) is 5.11 Å². The molecular formula is C18H28N2O. The van der Waals surface area contributed by atoms with Gasteiger partial charge in [0.15, 0.2) is 0 Å². The third-order valence-corrected chi connectivity index (χ3v) is 5.58. The monoisotopic (exact) mass is 288 g/mol. The number of hydrogen-bond acceptors (Lipinski definition) is 3. The SMILES string of the molecule is Cc1ccc(C(O)CN2CCC3CCC(C2)N3C)cc1C. The lowest BCUT2D eigenvalue weighted by Crippen LogP contribution is -2.38. The Bertz CT molecular complexity index is 502. The number of β-amino-alcohol motifs (C(OH)–C–C–N with tert-alkyl or cyclic N) is 1. The van der Waals surface area contributed by atoms with Gasteiger partial charge in [-0.1, -0.05) is 18.2 Å². The van der Waals surface area contributed by atoms with Gasteiger partial charge in [-0.2, -0.15) is 0 Å². The molecule has 2 aliphatic rings. The van der Waals surface area contributed by atoms with Crippen molar-refractivity contribution < 1.29 is 5.11 Å². The number of likely N-dealkylation sites (N-methyl/N-ethyl adjacent to an activating group) is 1. The zero-order valence-electron chi connectivity index (χ0n) is 13.5. The maximum Gasteiger partial charge on any atom is 0.0917 e. The van der Waals surface area contributed by atoms with Crippen LogP contribution in [0.2, 0.25) is 0 Å². The largest absolute Gasteiger partial charge is 0.387 e. The Balaban J connectivity index is 1.64. The van der Waals surface area contributed by atoms with Gasteiger partial charge in [-0.3, -0.25) is 9.80 Å². The van der Waals surface area contributed by atoms with Crippen LogP contribution in [-0.4, -0.2) is 53.7 Å². The highest BCUT2D eigenvalue weighted by Gasteiger charge is 2.34. The number of nitrogens with zero attached hydrogens (tertiary/aromatic N) is 2. The Morgan fingerprint density at radius 3 is 2.67 bits per heavy atom. The maximum absolute atomic E-state index is 10.6. The fourth-order valence-corrected chi connectivity index (χ4v) is 3.87. The summed E-state index contributed by atoms with van der Waals surface area (Å²) in [5, 5.41) is 10.6. The Morgan fingerprint density at radius 1 is 1.14 bits per heavy atom. The maximum atomic E-state index is 10.6. The van der Waals surface area contributed by atoms with Crippen LogP contribution in [0.4, 0.5) is 0 Å². The highest BCUT2D eigenvalue weighted by atomic mass is 16.3. The van der Waals surface area contributed by atoms with Crippen molar-refractivity contribution in [1.82, 2.24) is 9.80 Å². The van der Waals surface area contributed by atoms with Crippen LogP contribution < -0.4 is 0 Å². The van der Waals surface area contributed by atoms with Crippen LogP contribution in [0, 0.1) is 13.8 Å². The van der Waals surface area contributed by atoms with Crippen LogP contribution in [0.3, 0.4) is 0 Å². The topological polar surface area (TPSA) is 26.7 Å². The summed E-state index contributed by atoms with van der Waals surface area (Å²) in [6.45, 7) is 7.22. The van der Waals surface area contributed by atoms with Crippen LogP contribution in [0.1, 0.15) is 42.1 Å². The van der Waals surface area contributed by atoms with E-state index >= 15 is 0 Å². The molecule has 21 heavy (non-hydrogen) atoms. The molecule has 1 aromatic rings. The molecule has 3 atom stereocenters. The van der Waals surface area contributed by atoms with Crippen molar-refractivity contribution in [2.24, 2.45) is 0 Å². The van der Waals surface area contributed by atoms with E-state index in [1.807, 2.05) is 0 Å². The third-order valence-electron chi connectivity index (χ3n) is 5.58. The van der Waals surface area contributed by atoms with Gasteiger partial charge < -0.3 is 5.11 Å². The standard InChI is InChI=1S/C18H28N2O/c1-13-4-5-15(10-14(13)2)18(21)12-20-9-8-16-6-7-17(11-20)19(16)3/h4-5,10,16-18,21H,6-9,11-12H2,1-3H3. The predicted molar refractivity (Wildman–Crippen MR) is 86.5 cm³/mol. The van der Waals surface area contributed by atoms with Crippen LogP contribution in [-0.2, 0) is 0 Å². The van der Waals surface area contributed by atoms with Crippen molar-refractivity contribution in [2.45, 2.75) is 51.3 Å². The molecule has 3 heteroatoms. The number of aliphatic hydroxyl groups excluding tert-OH is 1. The lowest BCUT2D eigenvalue weighted by Gasteiger charge is -2.27. The highest BCUT2D eigenvalue weighted by molar-refractivity contribution is 5.31. The Hall–Kier alpha value is -0.900. The van der Waals surface area contributed by atoms with Crippen LogP contribution in [0.5, 0.6) is 0 Å². The second kappa shape index (κ2) is 6.07. The van der Waals surface area contributed by atoms with E-state index in [1.54, 1.807) is 0 Å². The zero-order chi connectivity index (χ0) is 15.0. The van der Waals surface area contributed by atoms with Crippen LogP contribution >= 0.6 is 0 Å². The molecule has 2 aliphatic heterocycles. The molecule has 2 heterocycles. The molecule has 0 saturated carbocycles. The lowest BCUT2D eigenvalue weighted by atomic mass is 10.0. The van der Waals surface area contributed by atoms with E-state index in [0.717, 1.165) is 31.2 Å². The van der Waals surface area contributed by atoms with E-state index in [4.69, 9.17) is 0 Å². The fraction of sp³-hybridized carbons (Fsp3) is 0.667. The van der Waals surface area contributed by atoms with Gasteiger partial charge in [0.25, 0.3) is 0 Å². The van der Waals surface area contributed by atoms with E-state index in [1.165, 1.54) is 30.4 Å². The first kappa shape index (κ1) is 15.0. The molecule has 3 unspecified atom stereocenters.